The number of benzene rings is 1. The summed E-state index contributed by atoms with van der Waals surface area (Å²) in [6.45, 7) is 3.50. The molecule has 4 rings (SSSR count). The summed E-state index contributed by atoms with van der Waals surface area (Å²) < 4.78 is 5.01. The number of aryl methyl sites for hydroxylation is 2. The Kier molecular flexibility index (Phi) is 4.36. The third-order valence-electron chi connectivity index (χ3n) is 5.05. The molecular formula is C19H22N4O3. The van der Waals surface area contributed by atoms with Gasteiger partial charge in [-0.1, -0.05) is 12.1 Å². The van der Waals surface area contributed by atoms with Crippen molar-refractivity contribution in [2.75, 3.05) is 13.1 Å². The molecule has 7 heteroatoms. The summed E-state index contributed by atoms with van der Waals surface area (Å²) in [6.07, 6.45) is 2.76. The smallest absolute Gasteiger partial charge is 0.280 e. The number of nitrogens with one attached hydrogen (secondary N) is 2. The molecular weight excluding hydrogens is 332 g/mol. The van der Waals surface area contributed by atoms with Gasteiger partial charge < -0.3 is 14.4 Å². The number of fused-ring (bicyclic) bond motifs is 1. The van der Waals surface area contributed by atoms with E-state index in [0.29, 0.717) is 25.1 Å². The first-order valence-corrected chi connectivity index (χ1v) is 9.00. The lowest BCUT2D eigenvalue weighted by Crippen LogP contribution is -2.39. The van der Waals surface area contributed by atoms with Crippen molar-refractivity contribution in [3.63, 3.8) is 0 Å². The molecule has 1 aliphatic heterocycles. The molecule has 1 fully saturated rings. The van der Waals surface area contributed by atoms with Gasteiger partial charge in [-0.15, -0.1) is 0 Å². The Morgan fingerprint density at radius 2 is 2.31 bits per heavy atom. The van der Waals surface area contributed by atoms with E-state index in [9.17, 15) is 9.59 Å². The molecule has 0 radical (unpaired) electrons. The molecule has 1 aromatic carbocycles. The van der Waals surface area contributed by atoms with Gasteiger partial charge in [0, 0.05) is 37.9 Å². The third kappa shape index (κ3) is 3.29. The molecule has 0 aliphatic carbocycles. The van der Waals surface area contributed by atoms with Crippen molar-refractivity contribution >= 4 is 16.9 Å². The molecule has 2 N–H and O–H groups in total. The van der Waals surface area contributed by atoms with Crippen LogP contribution in [0.5, 0.6) is 0 Å². The second-order valence-corrected chi connectivity index (χ2v) is 6.95. The van der Waals surface area contributed by atoms with Crippen LogP contribution in [-0.2, 0) is 11.2 Å². The van der Waals surface area contributed by atoms with Gasteiger partial charge in [-0.25, -0.2) is 4.98 Å². The van der Waals surface area contributed by atoms with Gasteiger partial charge in [0.1, 0.15) is 11.6 Å². The molecule has 136 valence electrons. The number of hydrogen-bond acceptors (Lipinski definition) is 4. The monoisotopic (exact) mass is 354 g/mol. The Morgan fingerprint density at radius 1 is 1.42 bits per heavy atom. The number of para-hydroxylation sites is 1. The summed E-state index contributed by atoms with van der Waals surface area (Å²) >= 11 is 0. The Balaban J connectivity index is 1.43. The summed E-state index contributed by atoms with van der Waals surface area (Å²) in [4.78, 5) is 33.7. The van der Waals surface area contributed by atoms with Crippen LogP contribution >= 0.6 is 0 Å². The number of nitrogens with zero attached hydrogens (tertiary/aromatic N) is 2. The first kappa shape index (κ1) is 16.6. The third-order valence-corrected chi connectivity index (χ3v) is 5.05. The minimum absolute atomic E-state index is 0.0887. The number of aromatic nitrogens is 3. The second kappa shape index (κ2) is 6.82. The first-order chi connectivity index (χ1) is 12.6. The Hall–Kier alpha value is -2.83. The summed E-state index contributed by atoms with van der Waals surface area (Å²) in [7, 11) is 0. The molecule has 1 atom stereocenters. The predicted octanol–water partition coefficient (Wildman–Crippen LogP) is 2.49. The zero-order valence-electron chi connectivity index (χ0n) is 14.7. The molecule has 0 bridgehead atoms. The molecule has 26 heavy (non-hydrogen) atoms. The Labute approximate surface area is 150 Å². The van der Waals surface area contributed by atoms with Crippen molar-refractivity contribution in [2.45, 2.75) is 38.5 Å². The van der Waals surface area contributed by atoms with Gasteiger partial charge in [-0.3, -0.25) is 9.59 Å². The molecule has 2 aromatic heterocycles. The number of imidazole rings is 1. The number of aromatic amines is 2. The van der Waals surface area contributed by atoms with Crippen molar-refractivity contribution in [1.82, 2.24) is 20.0 Å². The SMILES string of the molecule is Cc1cccc2[nH]c(C3CCCN(C(=O)CCc4cc(=O)[nH]o4)C3)nc12. The van der Waals surface area contributed by atoms with Crippen LogP contribution < -0.4 is 5.56 Å². The van der Waals surface area contributed by atoms with E-state index in [4.69, 9.17) is 9.51 Å². The molecule has 0 spiro atoms. The number of rotatable bonds is 4. The minimum atomic E-state index is -0.273. The van der Waals surface area contributed by atoms with Gasteiger partial charge in [0.15, 0.2) is 0 Å². The molecule has 1 saturated heterocycles. The van der Waals surface area contributed by atoms with Gasteiger partial charge in [-0.2, -0.15) is 5.16 Å². The molecule has 7 nitrogen and oxygen atoms in total. The van der Waals surface area contributed by atoms with E-state index in [2.05, 4.69) is 23.1 Å². The molecule has 3 heterocycles. The lowest BCUT2D eigenvalue weighted by atomic mass is 9.97. The highest BCUT2D eigenvalue weighted by Gasteiger charge is 2.26. The van der Waals surface area contributed by atoms with Gasteiger partial charge >= 0.3 is 0 Å². The van der Waals surface area contributed by atoms with E-state index >= 15 is 0 Å². The lowest BCUT2D eigenvalue weighted by molar-refractivity contribution is -0.132. The zero-order valence-corrected chi connectivity index (χ0v) is 14.7. The van der Waals surface area contributed by atoms with Crippen LogP contribution in [0.1, 0.15) is 42.3 Å². The van der Waals surface area contributed by atoms with E-state index in [0.717, 1.165) is 41.8 Å². The quantitative estimate of drug-likeness (QED) is 0.752. The number of hydrogen-bond donors (Lipinski definition) is 2. The van der Waals surface area contributed by atoms with Crippen molar-refractivity contribution in [2.24, 2.45) is 0 Å². The van der Waals surface area contributed by atoms with E-state index in [-0.39, 0.29) is 17.4 Å². The van der Waals surface area contributed by atoms with Crippen molar-refractivity contribution in [3.8, 4) is 0 Å². The predicted molar refractivity (Wildman–Crippen MR) is 97.0 cm³/mol. The summed E-state index contributed by atoms with van der Waals surface area (Å²) in [5.41, 5.74) is 2.94. The van der Waals surface area contributed by atoms with Crippen molar-refractivity contribution in [1.29, 1.82) is 0 Å². The largest absolute Gasteiger partial charge is 0.384 e. The summed E-state index contributed by atoms with van der Waals surface area (Å²) in [5, 5.41) is 2.25. The highest BCUT2D eigenvalue weighted by molar-refractivity contribution is 5.79. The summed E-state index contributed by atoms with van der Waals surface area (Å²) in [6, 6.07) is 7.51. The van der Waals surface area contributed by atoms with E-state index < -0.39 is 0 Å². The molecule has 1 aliphatic rings. The number of carbonyl (C=O) groups excluding carboxylic acids is 1. The van der Waals surface area contributed by atoms with E-state index in [1.165, 1.54) is 6.07 Å². The van der Waals surface area contributed by atoms with Crippen LogP contribution in [0.25, 0.3) is 11.0 Å². The molecule has 0 saturated carbocycles. The van der Waals surface area contributed by atoms with Gasteiger partial charge in [0.2, 0.25) is 5.91 Å². The minimum Gasteiger partial charge on any atom is -0.384 e. The van der Waals surface area contributed by atoms with Crippen LogP contribution in [0.15, 0.2) is 33.6 Å². The Morgan fingerprint density at radius 3 is 3.08 bits per heavy atom. The van der Waals surface area contributed by atoms with E-state index in [1.54, 1.807) is 0 Å². The fraction of sp³-hybridized carbons (Fsp3) is 0.421. The average molecular weight is 354 g/mol. The zero-order chi connectivity index (χ0) is 18.1. The number of H-pyrrole nitrogens is 2. The number of piperidine rings is 1. The lowest BCUT2D eigenvalue weighted by Gasteiger charge is -2.32. The van der Waals surface area contributed by atoms with Crippen LogP contribution in [0.2, 0.25) is 0 Å². The fourth-order valence-corrected chi connectivity index (χ4v) is 3.65. The number of carbonyl (C=O) groups is 1. The topological polar surface area (TPSA) is 95.0 Å². The molecule has 1 amide bonds. The average Bonchev–Trinajstić information content (AvgIpc) is 3.27. The van der Waals surface area contributed by atoms with Gasteiger partial charge in [-0.05, 0) is 31.4 Å². The van der Waals surface area contributed by atoms with Crippen LogP contribution in [0, 0.1) is 6.92 Å². The Bertz CT molecular complexity index is 984. The second-order valence-electron chi connectivity index (χ2n) is 6.95. The maximum absolute atomic E-state index is 12.5. The highest BCUT2D eigenvalue weighted by Crippen LogP contribution is 2.28. The maximum Gasteiger partial charge on any atom is 0.280 e. The standard InChI is InChI=1S/C19H22N4O3/c1-12-4-2-6-15-18(12)21-19(20-15)13-5-3-9-23(11-13)17(25)8-7-14-10-16(24)22-26-14/h2,4,6,10,13H,3,5,7-9,11H2,1H3,(H,20,21)(H,22,24). The van der Waals surface area contributed by atoms with Crippen molar-refractivity contribution < 1.29 is 9.32 Å². The van der Waals surface area contributed by atoms with Crippen LogP contribution in [0.3, 0.4) is 0 Å². The van der Waals surface area contributed by atoms with Crippen LogP contribution in [-0.4, -0.2) is 39.0 Å². The van der Waals surface area contributed by atoms with E-state index in [1.807, 2.05) is 17.0 Å². The van der Waals surface area contributed by atoms with Gasteiger partial charge in [0.25, 0.3) is 5.56 Å². The normalized spacial score (nSPS) is 17.7. The maximum atomic E-state index is 12.5. The number of likely N-dealkylation sites (tertiary alicyclic amines) is 1. The first-order valence-electron chi connectivity index (χ1n) is 9.00. The van der Waals surface area contributed by atoms with Gasteiger partial charge in [0.05, 0.1) is 11.0 Å². The summed E-state index contributed by atoms with van der Waals surface area (Å²) in [5.74, 6) is 1.80. The van der Waals surface area contributed by atoms with Crippen molar-refractivity contribution in [3.05, 3.63) is 51.8 Å². The molecule has 3 aromatic rings. The van der Waals surface area contributed by atoms with Crippen LogP contribution in [0.4, 0.5) is 0 Å². The number of amides is 1. The highest BCUT2D eigenvalue weighted by atomic mass is 16.5. The fourth-order valence-electron chi connectivity index (χ4n) is 3.65. The molecule has 1 unspecified atom stereocenters.